The number of hydrogen-bond acceptors (Lipinski definition) is 2. The number of benzene rings is 2. The zero-order valence-corrected chi connectivity index (χ0v) is 12.6. The van der Waals surface area contributed by atoms with Crippen LogP contribution in [0.1, 0.15) is 28.8 Å². The average Bonchev–Trinajstić information content (AvgIpc) is 2.70. The molecule has 0 atom stereocenters. The van der Waals surface area contributed by atoms with Crippen molar-refractivity contribution in [1.82, 2.24) is 0 Å². The second kappa shape index (κ2) is 6.31. The van der Waals surface area contributed by atoms with E-state index in [1.807, 2.05) is 18.2 Å². The largest absolute Gasteiger partial charge is 0.364 e. The lowest BCUT2D eigenvalue weighted by atomic mass is 10.1. The summed E-state index contributed by atoms with van der Waals surface area (Å²) < 4.78 is 0. The summed E-state index contributed by atoms with van der Waals surface area (Å²) in [6.07, 6.45) is 3.38. The summed E-state index contributed by atoms with van der Waals surface area (Å²) >= 11 is 6.13. The molecule has 0 N–H and O–H groups in total. The maximum Gasteiger partial charge on any atom is 0.183 e. The molecule has 1 aliphatic rings. The molecule has 0 bridgehead atoms. The van der Waals surface area contributed by atoms with Crippen LogP contribution in [0.4, 0.5) is 5.69 Å². The quantitative estimate of drug-likeness (QED) is 0.785. The Morgan fingerprint density at radius 2 is 1.81 bits per heavy atom. The number of hydrogen-bond donors (Lipinski definition) is 0. The van der Waals surface area contributed by atoms with Crippen molar-refractivity contribution in [2.45, 2.75) is 19.3 Å². The van der Waals surface area contributed by atoms with Crippen molar-refractivity contribution < 1.29 is 4.79 Å². The van der Waals surface area contributed by atoms with Gasteiger partial charge in [-0.15, -0.1) is 0 Å². The molecule has 0 spiro atoms. The number of halogens is 1. The highest BCUT2D eigenvalue weighted by Gasteiger charge is 2.19. The fourth-order valence-corrected chi connectivity index (χ4v) is 3.12. The van der Waals surface area contributed by atoms with Crippen LogP contribution >= 0.6 is 11.6 Å². The third-order valence-electron chi connectivity index (χ3n) is 3.97. The first-order valence-electron chi connectivity index (χ1n) is 7.36. The number of Topliss-reactive ketones (excluding diaryl/α,β-unsaturated/α-hetero) is 1. The van der Waals surface area contributed by atoms with E-state index < -0.39 is 0 Å². The lowest BCUT2D eigenvalue weighted by Crippen LogP contribution is -2.30. The molecule has 2 aromatic carbocycles. The monoisotopic (exact) mass is 299 g/mol. The molecule has 0 amide bonds. The number of aryl methyl sites for hydroxylation is 1. The van der Waals surface area contributed by atoms with Gasteiger partial charge in [-0.2, -0.15) is 0 Å². The highest BCUT2D eigenvalue weighted by atomic mass is 35.5. The first kappa shape index (κ1) is 14.2. The Bertz CT molecular complexity index is 653. The summed E-state index contributed by atoms with van der Waals surface area (Å²) in [6.45, 7) is 1.31. The van der Waals surface area contributed by atoms with E-state index in [4.69, 9.17) is 11.6 Å². The Morgan fingerprint density at radius 1 is 1.05 bits per heavy atom. The summed E-state index contributed by atoms with van der Waals surface area (Å²) in [5.41, 5.74) is 3.14. The van der Waals surface area contributed by atoms with Gasteiger partial charge in [0.1, 0.15) is 0 Å². The molecule has 0 saturated carbocycles. The second-order valence-corrected chi connectivity index (χ2v) is 5.82. The molecule has 108 valence electrons. The minimum atomic E-state index is 0.0808. The molecule has 0 saturated heterocycles. The topological polar surface area (TPSA) is 20.3 Å². The molecule has 0 aliphatic carbocycles. The minimum Gasteiger partial charge on any atom is -0.364 e. The summed E-state index contributed by atoms with van der Waals surface area (Å²) in [6, 6.07) is 15.7. The third kappa shape index (κ3) is 3.11. The molecule has 0 radical (unpaired) electrons. The Labute approximate surface area is 130 Å². The molecule has 3 rings (SSSR count). The predicted octanol–water partition coefficient (Wildman–Crippen LogP) is 4.37. The average molecular weight is 300 g/mol. The van der Waals surface area contributed by atoms with Gasteiger partial charge in [0, 0.05) is 17.8 Å². The van der Waals surface area contributed by atoms with Gasteiger partial charge in [-0.1, -0.05) is 41.9 Å². The molecule has 0 unspecified atom stereocenters. The molecule has 1 aliphatic heterocycles. The summed E-state index contributed by atoms with van der Waals surface area (Å²) in [7, 11) is 0. The minimum absolute atomic E-state index is 0.0808. The SMILES string of the molecule is O=C(CN1CCCCc2ccccc21)c1ccccc1Cl. The lowest BCUT2D eigenvalue weighted by Gasteiger charge is -2.24. The van der Waals surface area contributed by atoms with Crippen LogP contribution in [0.15, 0.2) is 48.5 Å². The Balaban J connectivity index is 1.85. The van der Waals surface area contributed by atoms with E-state index in [-0.39, 0.29) is 5.78 Å². The Kier molecular flexibility index (Phi) is 4.26. The van der Waals surface area contributed by atoms with Crippen molar-refractivity contribution in [3.63, 3.8) is 0 Å². The van der Waals surface area contributed by atoms with Crippen molar-refractivity contribution in [3.05, 3.63) is 64.7 Å². The van der Waals surface area contributed by atoms with Crippen LogP contribution in [0.5, 0.6) is 0 Å². The van der Waals surface area contributed by atoms with Crippen molar-refractivity contribution >= 4 is 23.1 Å². The fraction of sp³-hybridized carbons (Fsp3) is 0.278. The number of ketones is 1. The summed E-state index contributed by atoms with van der Waals surface area (Å²) in [5.74, 6) is 0.0808. The van der Waals surface area contributed by atoms with E-state index >= 15 is 0 Å². The van der Waals surface area contributed by atoms with Crippen molar-refractivity contribution in [2.24, 2.45) is 0 Å². The number of carbonyl (C=O) groups excluding carboxylic acids is 1. The molecule has 1 heterocycles. The molecule has 2 nitrogen and oxygen atoms in total. The maximum atomic E-state index is 12.5. The van der Waals surface area contributed by atoms with Crippen molar-refractivity contribution in [3.8, 4) is 0 Å². The van der Waals surface area contributed by atoms with Crippen LogP contribution in [0, 0.1) is 0 Å². The zero-order chi connectivity index (χ0) is 14.7. The standard InChI is InChI=1S/C18H18ClNO/c19-16-10-3-2-9-15(16)18(21)13-20-12-6-5-8-14-7-1-4-11-17(14)20/h1-4,7,9-11H,5-6,8,12-13H2. The van der Waals surface area contributed by atoms with Crippen LogP contribution in [0.2, 0.25) is 5.02 Å². The van der Waals surface area contributed by atoms with Gasteiger partial charge >= 0.3 is 0 Å². The summed E-state index contributed by atoms with van der Waals surface area (Å²) in [4.78, 5) is 14.7. The van der Waals surface area contributed by atoms with Gasteiger partial charge in [-0.05, 0) is 43.0 Å². The molecular formula is C18H18ClNO. The van der Waals surface area contributed by atoms with E-state index in [9.17, 15) is 4.79 Å². The number of carbonyl (C=O) groups is 1. The van der Waals surface area contributed by atoms with E-state index in [1.54, 1.807) is 12.1 Å². The molecule has 0 fully saturated rings. The van der Waals surface area contributed by atoms with Crippen molar-refractivity contribution in [1.29, 1.82) is 0 Å². The van der Waals surface area contributed by atoms with E-state index in [0.29, 0.717) is 17.1 Å². The van der Waals surface area contributed by atoms with E-state index in [2.05, 4.69) is 23.1 Å². The third-order valence-corrected chi connectivity index (χ3v) is 4.29. The Morgan fingerprint density at radius 3 is 2.67 bits per heavy atom. The van der Waals surface area contributed by atoms with Crippen LogP contribution in [0.25, 0.3) is 0 Å². The summed E-state index contributed by atoms with van der Waals surface area (Å²) in [5, 5.41) is 0.533. The van der Waals surface area contributed by atoms with Gasteiger partial charge in [0.15, 0.2) is 5.78 Å². The first-order valence-corrected chi connectivity index (χ1v) is 7.74. The van der Waals surface area contributed by atoms with Gasteiger partial charge in [0.05, 0.1) is 11.6 Å². The highest BCUT2D eigenvalue weighted by molar-refractivity contribution is 6.34. The molecule has 0 aromatic heterocycles. The molecule has 3 heteroatoms. The van der Waals surface area contributed by atoms with Crippen LogP contribution in [0.3, 0.4) is 0 Å². The number of anilines is 1. The molecule has 2 aromatic rings. The maximum absolute atomic E-state index is 12.5. The smallest absolute Gasteiger partial charge is 0.183 e. The molecular weight excluding hydrogens is 282 g/mol. The van der Waals surface area contributed by atoms with Gasteiger partial charge in [0.25, 0.3) is 0 Å². The van der Waals surface area contributed by atoms with Gasteiger partial charge in [0.2, 0.25) is 0 Å². The first-order chi connectivity index (χ1) is 10.3. The number of para-hydroxylation sites is 1. The van der Waals surface area contributed by atoms with Gasteiger partial charge < -0.3 is 4.90 Å². The van der Waals surface area contributed by atoms with Crippen LogP contribution in [-0.4, -0.2) is 18.9 Å². The second-order valence-electron chi connectivity index (χ2n) is 5.41. The number of rotatable bonds is 3. The normalized spacial score (nSPS) is 14.4. The van der Waals surface area contributed by atoms with Gasteiger partial charge in [-0.3, -0.25) is 4.79 Å². The van der Waals surface area contributed by atoms with Crippen molar-refractivity contribution in [2.75, 3.05) is 18.0 Å². The zero-order valence-electron chi connectivity index (χ0n) is 11.9. The highest BCUT2D eigenvalue weighted by Crippen LogP contribution is 2.26. The molecule has 21 heavy (non-hydrogen) atoms. The fourth-order valence-electron chi connectivity index (χ4n) is 2.88. The predicted molar refractivity (Wildman–Crippen MR) is 87.4 cm³/mol. The lowest BCUT2D eigenvalue weighted by molar-refractivity contribution is 0.0999. The van der Waals surface area contributed by atoms with E-state index in [0.717, 1.165) is 19.4 Å². The van der Waals surface area contributed by atoms with Crippen LogP contribution < -0.4 is 4.90 Å². The number of nitrogens with zero attached hydrogens (tertiary/aromatic N) is 1. The van der Waals surface area contributed by atoms with E-state index in [1.165, 1.54) is 17.7 Å². The van der Waals surface area contributed by atoms with Gasteiger partial charge in [-0.25, -0.2) is 0 Å². The Hall–Kier alpha value is -1.80. The van der Waals surface area contributed by atoms with Crippen LogP contribution in [-0.2, 0) is 6.42 Å². The number of fused-ring (bicyclic) bond motifs is 1.